The average molecular weight is 175 g/mol. The molecular formula is C8H17NOS. The average Bonchev–Trinajstić information content (AvgIpc) is 2.07. The smallest absolute Gasteiger partial charge is 0.0603 e. The molecule has 0 saturated heterocycles. The molecule has 0 aromatic rings. The van der Waals surface area contributed by atoms with E-state index in [1.807, 2.05) is 0 Å². The van der Waals surface area contributed by atoms with Crippen molar-refractivity contribution >= 4 is 12.8 Å². The fourth-order valence-electron chi connectivity index (χ4n) is 1.50. The summed E-state index contributed by atoms with van der Waals surface area (Å²) in [6.07, 6.45) is 7.13. The molecule has 66 valence electrons. The van der Waals surface area contributed by atoms with Gasteiger partial charge >= 0.3 is 0 Å². The lowest BCUT2D eigenvalue weighted by molar-refractivity contribution is 0.0323. The van der Waals surface area contributed by atoms with Gasteiger partial charge in [-0.3, -0.25) is 4.72 Å². The lowest BCUT2D eigenvalue weighted by Gasteiger charge is -2.21. The standard InChI is InChI=1S/C8H17NOS/c11-9-6-7-10-8-4-2-1-3-5-8/h8-9,11H,1-7H2. The largest absolute Gasteiger partial charge is 0.377 e. The van der Waals surface area contributed by atoms with E-state index < -0.39 is 0 Å². The van der Waals surface area contributed by atoms with Crippen molar-refractivity contribution in [1.82, 2.24) is 4.72 Å². The van der Waals surface area contributed by atoms with Crippen LogP contribution in [0.3, 0.4) is 0 Å². The van der Waals surface area contributed by atoms with E-state index in [0.717, 1.165) is 13.2 Å². The van der Waals surface area contributed by atoms with Crippen molar-refractivity contribution < 1.29 is 4.74 Å². The van der Waals surface area contributed by atoms with Gasteiger partial charge in [0.1, 0.15) is 0 Å². The maximum atomic E-state index is 5.61. The number of hydrogen-bond donors (Lipinski definition) is 2. The Morgan fingerprint density at radius 3 is 2.64 bits per heavy atom. The molecule has 1 aliphatic rings. The van der Waals surface area contributed by atoms with Crippen LogP contribution in [0, 0.1) is 0 Å². The number of rotatable bonds is 4. The van der Waals surface area contributed by atoms with Gasteiger partial charge in [-0.15, -0.1) is 0 Å². The van der Waals surface area contributed by atoms with Crippen LogP contribution in [-0.4, -0.2) is 19.3 Å². The molecule has 1 aliphatic carbocycles. The molecule has 1 saturated carbocycles. The Morgan fingerprint density at radius 1 is 1.27 bits per heavy atom. The maximum absolute atomic E-state index is 5.61. The molecule has 0 amide bonds. The van der Waals surface area contributed by atoms with Gasteiger partial charge in [0.2, 0.25) is 0 Å². The highest BCUT2D eigenvalue weighted by atomic mass is 32.1. The van der Waals surface area contributed by atoms with E-state index in [1.165, 1.54) is 32.1 Å². The second kappa shape index (κ2) is 5.86. The zero-order chi connectivity index (χ0) is 7.94. The first-order valence-electron chi connectivity index (χ1n) is 4.42. The molecule has 11 heavy (non-hydrogen) atoms. The second-order valence-electron chi connectivity index (χ2n) is 3.04. The normalized spacial score (nSPS) is 20.5. The van der Waals surface area contributed by atoms with Crippen LogP contribution < -0.4 is 4.72 Å². The topological polar surface area (TPSA) is 21.3 Å². The predicted molar refractivity (Wildman–Crippen MR) is 49.8 cm³/mol. The van der Waals surface area contributed by atoms with E-state index in [0.29, 0.717) is 6.10 Å². The molecule has 1 N–H and O–H groups in total. The van der Waals surface area contributed by atoms with E-state index in [-0.39, 0.29) is 0 Å². The molecule has 3 heteroatoms. The summed E-state index contributed by atoms with van der Waals surface area (Å²) < 4.78 is 8.39. The third-order valence-corrected chi connectivity index (χ3v) is 2.34. The van der Waals surface area contributed by atoms with Crippen molar-refractivity contribution in [2.75, 3.05) is 13.2 Å². The Balaban J connectivity index is 1.96. The summed E-state index contributed by atoms with van der Waals surface area (Å²) in [5.74, 6) is 0. The van der Waals surface area contributed by atoms with Gasteiger partial charge in [-0.1, -0.05) is 32.1 Å². The minimum atomic E-state index is 0.533. The molecule has 1 fully saturated rings. The Hall–Kier alpha value is 0.270. The Morgan fingerprint density at radius 2 is 2.00 bits per heavy atom. The van der Waals surface area contributed by atoms with Crippen molar-refractivity contribution in [1.29, 1.82) is 0 Å². The lowest BCUT2D eigenvalue weighted by Crippen LogP contribution is -2.20. The Bertz CT molecular complexity index is 94.1. The maximum Gasteiger partial charge on any atom is 0.0603 e. The molecule has 0 unspecified atom stereocenters. The Labute approximate surface area is 74.2 Å². The highest BCUT2D eigenvalue weighted by Gasteiger charge is 2.12. The van der Waals surface area contributed by atoms with Crippen molar-refractivity contribution in [3.8, 4) is 0 Å². The molecule has 0 aromatic carbocycles. The van der Waals surface area contributed by atoms with Crippen LogP contribution in [0.25, 0.3) is 0 Å². The monoisotopic (exact) mass is 175 g/mol. The SMILES string of the molecule is SNCCOC1CCCCC1. The van der Waals surface area contributed by atoms with E-state index in [1.54, 1.807) is 0 Å². The Kier molecular flexibility index (Phi) is 4.99. The van der Waals surface area contributed by atoms with Gasteiger partial charge in [-0.05, 0) is 12.8 Å². The predicted octanol–water partition coefficient (Wildman–Crippen LogP) is 1.77. The summed E-state index contributed by atoms with van der Waals surface area (Å²) >= 11 is 3.89. The summed E-state index contributed by atoms with van der Waals surface area (Å²) in [7, 11) is 0. The summed E-state index contributed by atoms with van der Waals surface area (Å²) in [4.78, 5) is 0. The highest BCUT2D eigenvalue weighted by molar-refractivity contribution is 7.78. The van der Waals surface area contributed by atoms with Crippen LogP contribution in [0.1, 0.15) is 32.1 Å². The highest BCUT2D eigenvalue weighted by Crippen LogP contribution is 2.19. The molecule has 0 atom stereocenters. The van der Waals surface area contributed by atoms with Gasteiger partial charge in [0, 0.05) is 6.54 Å². The van der Waals surface area contributed by atoms with E-state index in [4.69, 9.17) is 4.74 Å². The van der Waals surface area contributed by atoms with Crippen molar-refractivity contribution in [3.63, 3.8) is 0 Å². The first-order chi connectivity index (χ1) is 5.43. The van der Waals surface area contributed by atoms with Crippen LogP contribution in [0.4, 0.5) is 0 Å². The third-order valence-electron chi connectivity index (χ3n) is 2.12. The fraction of sp³-hybridized carbons (Fsp3) is 1.00. The molecule has 2 nitrogen and oxygen atoms in total. The van der Waals surface area contributed by atoms with Crippen LogP contribution >= 0.6 is 12.8 Å². The van der Waals surface area contributed by atoms with Crippen molar-refractivity contribution in [2.45, 2.75) is 38.2 Å². The summed E-state index contributed by atoms with van der Waals surface area (Å²) in [5, 5.41) is 0. The number of ether oxygens (including phenoxy) is 1. The fourth-order valence-corrected chi connectivity index (χ4v) is 1.59. The second-order valence-corrected chi connectivity index (χ2v) is 3.36. The van der Waals surface area contributed by atoms with Gasteiger partial charge in [-0.2, -0.15) is 0 Å². The molecule has 0 spiro atoms. The van der Waals surface area contributed by atoms with Crippen LogP contribution in [0.5, 0.6) is 0 Å². The summed E-state index contributed by atoms with van der Waals surface area (Å²) in [5.41, 5.74) is 0. The van der Waals surface area contributed by atoms with Gasteiger partial charge in [0.25, 0.3) is 0 Å². The molecule has 0 aromatic heterocycles. The number of hydrogen-bond acceptors (Lipinski definition) is 3. The first kappa shape index (κ1) is 9.36. The van der Waals surface area contributed by atoms with Gasteiger partial charge in [0.05, 0.1) is 12.7 Å². The molecule has 0 aliphatic heterocycles. The first-order valence-corrected chi connectivity index (χ1v) is 4.87. The molecule has 1 rings (SSSR count). The molecule has 0 radical (unpaired) electrons. The minimum absolute atomic E-state index is 0.533. The summed E-state index contributed by atoms with van der Waals surface area (Å²) in [6.45, 7) is 1.65. The zero-order valence-corrected chi connectivity index (χ0v) is 7.78. The van der Waals surface area contributed by atoms with Gasteiger partial charge in [-0.25, -0.2) is 0 Å². The minimum Gasteiger partial charge on any atom is -0.377 e. The van der Waals surface area contributed by atoms with Crippen molar-refractivity contribution in [3.05, 3.63) is 0 Å². The summed E-state index contributed by atoms with van der Waals surface area (Å²) in [6, 6.07) is 0. The quantitative estimate of drug-likeness (QED) is 0.502. The lowest BCUT2D eigenvalue weighted by atomic mass is 9.98. The number of thiol groups is 1. The number of nitrogens with one attached hydrogen (secondary N) is 1. The third kappa shape index (κ3) is 3.99. The van der Waals surface area contributed by atoms with Crippen molar-refractivity contribution in [2.24, 2.45) is 0 Å². The van der Waals surface area contributed by atoms with E-state index in [9.17, 15) is 0 Å². The molecule has 0 heterocycles. The zero-order valence-electron chi connectivity index (χ0n) is 6.88. The van der Waals surface area contributed by atoms with E-state index >= 15 is 0 Å². The van der Waals surface area contributed by atoms with Crippen LogP contribution in [0.15, 0.2) is 0 Å². The van der Waals surface area contributed by atoms with Crippen LogP contribution in [0.2, 0.25) is 0 Å². The molecular weight excluding hydrogens is 158 g/mol. The van der Waals surface area contributed by atoms with E-state index in [2.05, 4.69) is 17.5 Å². The van der Waals surface area contributed by atoms with Gasteiger partial charge in [0.15, 0.2) is 0 Å². The van der Waals surface area contributed by atoms with Crippen LogP contribution in [-0.2, 0) is 4.74 Å². The van der Waals surface area contributed by atoms with Gasteiger partial charge < -0.3 is 4.74 Å². The molecule has 0 bridgehead atoms.